The predicted octanol–water partition coefficient (Wildman–Crippen LogP) is 29.6. The minimum absolute atomic E-state index is 0.108. The third kappa shape index (κ3) is 85.1. The van der Waals surface area contributed by atoms with Gasteiger partial charge in [-0.1, -0.05) is 459 Å². The van der Waals surface area contributed by atoms with Crippen LogP contribution in [0.15, 0.2) is 0 Å². The first-order valence-corrected chi connectivity index (χ1v) is 51.9. The number of phosphoric acid groups is 2. The summed E-state index contributed by atoms with van der Waals surface area (Å²) in [6.45, 7) is 12.1. The zero-order valence-electron chi connectivity index (χ0n) is 75.6. The van der Waals surface area contributed by atoms with Gasteiger partial charge in [0.1, 0.15) is 19.3 Å². The molecule has 4 unspecified atom stereocenters. The van der Waals surface area contributed by atoms with Crippen LogP contribution in [-0.2, 0) is 65.4 Å². The standard InChI is InChI=1S/C95H186O17P2/c1-8-11-12-13-14-15-16-17-18-19-20-21-22-23-27-32-37-42-47-55-62-69-76-92(97)105-82-90(111-94(99)78-71-64-57-48-43-38-33-28-25-24-26-31-36-41-46-53-60-67-74-87(6)9-2)84-109-113(101,102)107-80-89(96)81-108-114(103,104)110-85-91(83-106-93(98)77-70-63-56-51-50-54-61-68-75-88(7)10-3)112-95(100)79-72-65-58-49-44-39-34-29-30-35-40-45-52-59-66-73-86(4)5/h86-91,96H,8-85H2,1-7H3,(H,101,102)(H,103,104)/t87?,88?,89-,90-,91-/m1/s1. The highest BCUT2D eigenvalue weighted by Crippen LogP contribution is 2.45. The molecule has 0 spiro atoms. The van der Waals surface area contributed by atoms with E-state index in [1.165, 1.54) is 321 Å². The lowest BCUT2D eigenvalue weighted by Crippen LogP contribution is -2.30. The Morgan fingerprint density at radius 1 is 0.254 bits per heavy atom. The molecule has 0 rings (SSSR count). The van der Waals surface area contributed by atoms with Gasteiger partial charge in [-0.25, -0.2) is 9.13 Å². The van der Waals surface area contributed by atoms with Crippen LogP contribution in [0.2, 0.25) is 0 Å². The van der Waals surface area contributed by atoms with Crippen LogP contribution in [0.25, 0.3) is 0 Å². The van der Waals surface area contributed by atoms with Gasteiger partial charge in [-0.2, -0.15) is 0 Å². The van der Waals surface area contributed by atoms with Gasteiger partial charge in [0.15, 0.2) is 12.2 Å². The van der Waals surface area contributed by atoms with Gasteiger partial charge in [-0.05, 0) is 43.4 Å². The first-order chi connectivity index (χ1) is 55.3. The van der Waals surface area contributed by atoms with Crippen molar-refractivity contribution >= 4 is 39.5 Å². The molecule has 0 aromatic rings. The van der Waals surface area contributed by atoms with Gasteiger partial charge in [0.25, 0.3) is 0 Å². The Morgan fingerprint density at radius 3 is 0.667 bits per heavy atom. The SMILES string of the molecule is CCCCCCCCCCCCCCCCCCCCCCCCC(=O)OC[C@H](COP(=O)(O)OC[C@@H](O)COP(=O)(O)OC[C@@H](COC(=O)CCCCCCCCCCC(C)CC)OC(=O)CCCCCCCCCCCCCCCCCC(C)C)OC(=O)CCCCCCCCCCCCCCCCCCCCC(C)CC. The van der Waals surface area contributed by atoms with Crippen LogP contribution >= 0.6 is 15.6 Å². The van der Waals surface area contributed by atoms with E-state index in [2.05, 4.69) is 48.5 Å². The molecule has 0 radical (unpaired) electrons. The van der Waals surface area contributed by atoms with Gasteiger partial charge in [-0.15, -0.1) is 0 Å². The van der Waals surface area contributed by atoms with E-state index in [0.717, 1.165) is 108 Å². The largest absolute Gasteiger partial charge is 0.472 e. The molecular weight excluding hydrogens is 1470 g/mol. The molecule has 114 heavy (non-hydrogen) atoms. The number of phosphoric ester groups is 2. The number of aliphatic hydroxyl groups excluding tert-OH is 1. The molecule has 0 aliphatic heterocycles. The second kappa shape index (κ2) is 84.7. The van der Waals surface area contributed by atoms with Crippen molar-refractivity contribution in [3.63, 3.8) is 0 Å². The van der Waals surface area contributed by atoms with Gasteiger partial charge >= 0.3 is 39.5 Å². The van der Waals surface area contributed by atoms with Crippen molar-refractivity contribution in [2.45, 2.75) is 529 Å². The molecule has 0 aromatic carbocycles. The topological polar surface area (TPSA) is 237 Å². The molecule has 0 heterocycles. The summed E-state index contributed by atoms with van der Waals surface area (Å²) in [7, 11) is -9.94. The van der Waals surface area contributed by atoms with E-state index in [-0.39, 0.29) is 25.7 Å². The number of carbonyl (C=O) groups excluding carboxylic acids is 4. The molecule has 0 aliphatic rings. The van der Waals surface area contributed by atoms with E-state index < -0.39 is 97.5 Å². The van der Waals surface area contributed by atoms with Crippen LogP contribution < -0.4 is 0 Å². The van der Waals surface area contributed by atoms with Gasteiger partial charge in [0.2, 0.25) is 0 Å². The maximum absolute atomic E-state index is 13.2. The third-order valence-electron chi connectivity index (χ3n) is 23.1. The minimum Gasteiger partial charge on any atom is -0.462 e. The van der Waals surface area contributed by atoms with Crippen molar-refractivity contribution in [3.05, 3.63) is 0 Å². The van der Waals surface area contributed by atoms with Gasteiger partial charge < -0.3 is 33.8 Å². The minimum atomic E-state index is -4.97. The van der Waals surface area contributed by atoms with Crippen LogP contribution in [0, 0.1) is 17.8 Å². The molecule has 17 nitrogen and oxygen atoms in total. The van der Waals surface area contributed by atoms with E-state index in [1.807, 2.05) is 0 Å². The van der Waals surface area contributed by atoms with E-state index in [0.29, 0.717) is 25.7 Å². The lowest BCUT2D eigenvalue weighted by molar-refractivity contribution is -0.161. The van der Waals surface area contributed by atoms with E-state index in [9.17, 15) is 43.2 Å². The molecule has 3 N–H and O–H groups in total. The van der Waals surface area contributed by atoms with Crippen LogP contribution in [0.5, 0.6) is 0 Å². The Morgan fingerprint density at radius 2 is 0.447 bits per heavy atom. The smallest absolute Gasteiger partial charge is 0.462 e. The zero-order valence-corrected chi connectivity index (χ0v) is 77.4. The number of hydrogen-bond acceptors (Lipinski definition) is 15. The normalized spacial score (nSPS) is 14.2. The Hall–Kier alpha value is -1.94. The average Bonchev–Trinajstić information content (AvgIpc) is 0.893. The second-order valence-corrected chi connectivity index (χ2v) is 38.0. The third-order valence-corrected chi connectivity index (χ3v) is 25.0. The van der Waals surface area contributed by atoms with Gasteiger partial charge in [0.05, 0.1) is 26.4 Å². The van der Waals surface area contributed by atoms with Crippen LogP contribution in [0.3, 0.4) is 0 Å². The number of aliphatic hydroxyl groups is 1. The zero-order chi connectivity index (χ0) is 83.6. The lowest BCUT2D eigenvalue weighted by Gasteiger charge is -2.21. The summed E-state index contributed by atoms with van der Waals surface area (Å²) in [6.07, 6.45) is 79.3. The fourth-order valence-corrected chi connectivity index (χ4v) is 16.5. The number of esters is 4. The molecule has 0 aliphatic carbocycles. The molecule has 19 heteroatoms. The summed E-state index contributed by atoms with van der Waals surface area (Å²) in [5.41, 5.74) is 0. The fourth-order valence-electron chi connectivity index (χ4n) is 14.9. The molecule has 0 saturated heterocycles. The maximum Gasteiger partial charge on any atom is 0.472 e. The molecule has 678 valence electrons. The monoisotopic (exact) mass is 1660 g/mol. The van der Waals surface area contributed by atoms with Crippen molar-refractivity contribution in [1.82, 2.24) is 0 Å². The first-order valence-electron chi connectivity index (χ1n) is 48.9. The first kappa shape index (κ1) is 112. The summed E-state index contributed by atoms with van der Waals surface area (Å²) < 4.78 is 69.2. The van der Waals surface area contributed by atoms with Crippen molar-refractivity contribution in [3.8, 4) is 0 Å². The number of rotatable bonds is 93. The highest BCUT2D eigenvalue weighted by molar-refractivity contribution is 7.47. The Balaban J connectivity index is 5.24. The number of hydrogen-bond donors (Lipinski definition) is 3. The Labute approximate surface area is 702 Å². The van der Waals surface area contributed by atoms with Crippen molar-refractivity contribution in [2.75, 3.05) is 39.6 Å². The van der Waals surface area contributed by atoms with Gasteiger partial charge in [-0.3, -0.25) is 37.3 Å². The van der Waals surface area contributed by atoms with E-state index >= 15 is 0 Å². The molecule has 0 aromatic heterocycles. The maximum atomic E-state index is 13.2. The summed E-state index contributed by atoms with van der Waals surface area (Å²) >= 11 is 0. The molecule has 0 amide bonds. The molecule has 0 bridgehead atoms. The van der Waals surface area contributed by atoms with E-state index in [1.54, 1.807) is 0 Å². The Kier molecular flexibility index (Phi) is 83.2. The summed E-state index contributed by atoms with van der Waals surface area (Å²) in [5.74, 6) is 0.356. The average molecular weight is 1660 g/mol. The highest BCUT2D eigenvalue weighted by atomic mass is 31.2. The van der Waals surface area contributed by atoms with Crippen molar-refractivity contribution in [1.29, 1.82) is 0 Å². The number of ether oxygens (including phenoxy) is 4. The molecule has 7 atom stereocenters. The summed E-state index contributed by atoms with van der Waals surface area (Å²) in [6, 6.07) is 0. The van der Waals surface area contributed by atoms with Crippen LogP contribution in [0.1, 0.15) is 511 Å². The quantitative estimate of drug-likeness (QED) is 0.0222. The fraction of sp³-hybridized carbons (Fsp3) is 0.958. The Bertz CT molecular complexity index is 2190. The number of carbonyl (C=O) groups is 4. The van der Waals surface area contributed by atoms with E-state index in [4.69, 9.17) is 37.0 Å². The molecule has 0 fully saturated rings. The highest BCUT2D eigenvalue weighted by Gasteiger charge is 2.31. The molecular formula is C95H186O17P2. The summed E-state index contributed by atoms with van der Waals surface area (Å²) in [4.78, 5) is 73.6. The lowest BCUT2D eigenvalue weighted by atomic mass is 9.99. The summed E-state index contributed by atoms with van der Waals surface area (Å²) in [5, 5.41) is 10.7. The predicted molar refractivity (Wildman–Crippen MR) is 474 cm³/mol. The second-order valence-electron chi connectivity index (χ2n) is 35.1. The van der Waals surface area contributed by atoms with Crippen molar-refractivity contribution < 1.29 is 80.2 Å². The van der Waals surface area contributed by atoms with Crippen LogP contribution in [0.4, 0.5) is 0 Å². The number of unbranched alkanes of at least 4 members (excludes halogenated alkanes) is 59. The molecule has 0 saturated carbocycles. The van der Waals surface area contributed by atoms with Gasteiger partial charge in [0, 0.05) is 25.7 Å². The van der Waals surface area contributed by atoms with Crippen molar-refractivity contribution in [2.24, 2.45) is 17.8 Å². The van der Waals surface area contributed by atoms with Crippen LogP contribution in [-0.4, -0.2) is 96.7 Å².